The molecule has 0 spiro atoms. The Morgan fingerprint density at radius 3 is 2.90 bits per heavy atom. The SMILES string of the molecule is CCNC1COCC1c1nc(CSC2CCCCC2)no1. The normalized spacial score (nSPS) is 27.3. The van der Waals surface area contributed by atoms with Crippen LogP contribution in [0, 0.1) is 0 Å². The molecule has 0 radical (unpaired) electrons. The van der Waals surface area contributed by atoms with Crippen LogP contribution >= 0.6 is 11.8 Å². The molecule has 1 aromatic rings. The van der Waals surface area contributed by atoms with Gasteiger partial charge in [-0.15, -0.1) is 0 Å². The van der Waals surface area contributed by atoms with Crippen LogP contribution in [0.2, 0.25) is 0 Å². The van der Waals surface area contributed by atoms with Gasteiger partial charge in [0.2, 0.25) is 5.89 Å². The lowest BCUT2D eigenvalue weighted by molar-refractivity contribution is 0.185. The maximum Gasteiger partial charge on any atom is 0.233 e. The van der Waals surface area contributed by atoms with Crippen molar-refractivity contribution in [1.82, 2.24) is 15.5 Å². The summed E-state index contributed by atoms with van der Waals surface area (Å²) in [5.74, 6) is 2.64. The van der Waals surface area contributed by atoms with E-state index >= 15 is 0 Å². The molecule has 3 rings (SSSR count). The van der Waals surface area contributed by atoms with E-state index in [0.717, 1.165) is 35.9 Å². The standard InChI is InChI=1S/C15H25N3O2S/c1-2-16-13-9-19-8-12(13)15-17-14(18-20-15)10-21-11-6-4-3-5-7-11/h11-13,16H,2-10H2,1H3. The Labute approximate surface area is 130 Å². The fourth-order valence-corrected chi connectivity index (χ4v) is 4.33. The molecule has 1 aliphatic heterocycles. The van der Waals surface area contributed by atoms with Crippen molar-refractivity contribution < 1.29 is 9.26 Å². The molecule has 0 aromatic carbocycles. The minimum Gasteiger partial charge on any atom is -0.379 e. The van der Waals surface area contributed by atoms with E-state index in [-0.39, 0.29) is 5.92 Å². The van der Waals surface area contributed by atoms with Crippen LogP contribution in [0.5, 0.6) is 0 Å². The Balaban J connectivity index is 1.53. The van der Waals surface area contributed by atoms with Gasteiger partial charge in [-0.25, -0.2) is 0 Å². The Kier molecular flexibility index (Phi) is 5.55. The van der Waals surface area contributed by atoms with E-state index in [1.807, 2.05) is 11.8 Å². The molecule has 2 heterocycles. The largest absolute Gasteiger partial charge is 0.379 e. The van der Waals surface area contributed by atoms with E-state index in [9.17, 15) is 0 Å². The first kappa shape index (κ1) is 15.3. The molecule has 1 saturated carbocycles. The molecule has 2 aliphatic rings. The third kappa shape index (κ3) is 3.99. The maximum absolute atomic E-state index is 5.55. The lowest BCUT2D eigenvalue weighted by atomic mass is 10.0. The minimum absolute atomic E-state index is 0.200. The van der Waals surface area contributed by atoms with Crippen LogP contribution in [-0.2, 0) is 10.5 Å². The molecule has 2 fully saturated rings. The third-order valence-electron chi connectivity index (χ3n) is 4.35. The Morgan fingerprint density at radius 2 is 2.10 bits per heavy atom. The van der Waals surface area contributed by atoms with Gasteiger partial charge in [0.25, 0.3) is 0 Å². The van der Waals surface area contributed by atoms with Crippen LogP contribution in [0.1, 0.15) is 56.7 Å². The summed E-state index contributed by atoms with van der Waals surface area (Å²) in [5, 5.41) is 8.36. The van der Waals surface area contributed by atoms with E-state index in [2.05, 4.69) is 22.4 Å². The van der Waals surface area contributed by atoms with E-state index in [4.69, 9.17) is 9.26 Å². The van der Waals surface area contributed by atoms with Gasteiger partial charge in [0, 0.05) is 11.3 Å². The van der Waals surface area contributed by atoms with Gasteiger partial charge in [-0.3, -0.25) is 0 Å². The zero-order valence-corrected chi connectivity index (χ0v) is 13.5. The maximum atomic E-state index is 5.55. The minimum atomic E-state index is 0.200. The molecule has 21 heavy (non-hydrogen) atoms. The van der Waals surface area contributed by atoms with Crippen molar-refractivity contribution in [2.75, 3.05) is 19.8 Å². The van der Waals surface area contributed by atoms with E-state index in [1.165, 1.54) is 32.1 Å². The lowest BCUT2D eigenvalue weighted by Crippen LogP contribution is -2.34. The number of nitrogens with one attached hydrogen (secondary N) is 1. The van der Waals surface area contributed by atoms with Gasteiger partial charge in [-0.05, 0) is 19.4 Å². The highest BCUT2D eigenvalue weighted by molar-refractivity contribution is 7.99. The average Bonchev–Trinajstić information content (AvgIpc) is 3.15. The summed E-state index contributed by atoms with van der Waals surface area (Å²) in [4.78, 5) is 4.59. The molecular weight excluding hydrogens is 286 g/mol. The van der Waals surface area contributed by atoms with Gasteiger partial charge < -0.3 is 14.6 Å². The predicted octanol–water partition coefficient (Wildman–Crippen LogP) is 2.73. The van der Waals surface area contributed by atoms with Gasteiger partial charge in [-0.1, -0.05) is 31.3 Å². The number of hydrogen-bond donors (Lipinski definition) is 1. The van der Waals surface area contributed by atoms with Crippen LogP contribution in [0.4, 0.5) is 0 Å². The van der Waals surface area contributed by atoms with Gasteiger partial charge in [-0.2, -0.15) is 16.7 Å². The fraction of sp³-hybridized carbons (Fsp3) is 0.867. The highest BCUT2D eigenvalue weighted by Crippen LogP contribution is 2.30. The molecule has 0 amide bonds. The van der Waals surface area contributed by atoms with Crippen molar-refractivity contribution in [2.24, 2.45) is 0 Å². The Morgan fingerprint density at radius 1 is 1.24 bits per heavy atom. The summed E-state index contributed by atoms with van der Waals surface area (Å²) in [7, 11) is 0. The molecular formula is C15H25N3O2S. The first-order chi connectivity index (χ1) is 10.4. The zero-order chi connectivity index (χ0) is 14.5. The molecule has 2 atom stereocenters. The van der Waals surface area contributed by atoms with E-state index in [1.54, 1.807) is 0 Å². The van der Waals surface area contributed by atoms with Crippen LogP contribution < -0.4 is 5.32 Å². The molecule has 1 aromatic heterocycles. The second-order valence-corrected chi connectivity index (χ2v) is 7.22. The molecule has 6 heteroatoms. The molecule has 0 bridgehead atoms. The summed E-state index contributed by atoms with van der Waals surface area (Å²) in [6.45, 7) is 4.45. The molecule has 1 aliphatic carbocycles. The van der Waals surface area contributed by atoms with Crippen molar-refractivity contribution in [1.29, 1.82) is 0 Å². The fourth-order valence-electron chi connectivity index (χ4n) is 3.16. The number of rotatable bonds is 6. The number of hydrogen-bond acceptors (Lipinski definition) is 6. The molecule has 2 unspecified atom stereocenters. The van der Waals surface area contributed by atoms with Gasteiger partial charge in [0.05, 0.1) is 24.9 Å². The van der Waals surface area contributed by atoms with Crippen LogP contribution in [0.3, 0.4) is 0 Å². The number of likely N-dealkylation sites (N-methyl/N-ethyl adjacent to an activating group) is 1. The van der Waals surface area contributed by atoms with Crippen molar-refractivity contribution in [3.63, 3.8) is 0 Å². The van der Waals surface area contributed by atoms with Gasteiger partial charge in [0.1, 0.15) is 0 Å². The van der Waals surface area contributed by atoms with Crippen molar-refractivity contribution in [2.45, 2.75) is 62.0 Å². The molecule has 1 saturated heterocycles. The molecule has 1 N–H and O–H groups in total. The van der Waals surface area contributed by atoms with Crippen molar-refractivity contribution >= 4 is 11.8 Å². The van der Waals surface area contributed by atoms with Crippen molar-refractivity contribution in [3.8, 4) is 0 Å². The van der Waals surface area contributed by atoms with Crippen LogP contribution in [0.25, 0.3) is 0 Å². The van der Waals surface area contributed by atoms with Crippen molar-refractivity contribution in [3.05, 3.63) is 11.7 Å². The Hall–Kier alpha value is -0.590. The highest BCUT2D eigenvalue weighted by atomic mass is 32.2. The summed E-state index contributed by atoms with van der Waals surface area (Å²) < 4.78 is 11.0. The zero-order valence-electron chi connectivity index (χ0n) is 12.7. The lowest BCUT2D eigenvalue weighted by Gasteiger charge is -2.20. The van der Waals surface area contributed by atoms with Gasteiger partial charge >= 0.3 is 0 Å². The van der Waals surface area contributed by atoms with E-state index in [0.29, 0.717) is 12.6 Å². The number of nitrogens with zero attached hydrogens (tertiary/aromatic N) is 2. The first-order valence-electron chi connectivity index (χ1n) is 8.12. The molecule has 5 nitrogen and oxygen atoms in total. The summed E-state index contributed by atoms with van der Waals surface area (Å²) in [6.07, 6.45) is 6.83. The first-order valence-corrected chi connectivity index (χ1v) is 9.17. The van der Waals surface area contributed by atoms with E-state index < -0.39 is 0 Å². The average molecular weight is 311 g/mol. The van der Waals surface area contributed by atoms with Crippen LogP contribution in [-0.4, -0.2) is 41.2 Å². The van der Waals surface area contributed by atoms with Crippen LogP contribution in [0.15, 0.2) is 4.52 Å². The van der Waals surface area contributed by atoms with Gasteiger partial charge in [0.15, 0.2) is 5.82 Å². The quantitative estimate of drug-likeness (QED) is 0.871. The smallest absolute Gasteiger partial charge is 0.233 e. The monoisotopic (exact) mass is 311 g/mol. The predicted molar refractivity (Wildman–Crippen MR) is 83.5 cm³/mol. The third-order valence-corrected chi connectivity index (χ3v) is 5.72. The number of aromatic nitrogens is 2. The second kappa shape index (κ2) is 7.61. The highest BCUT2D eigenvalue weighted by Gasteiger charge is 2.33. The summed E-state index contributed by atoms with van der Waals surface area (Å²) in [6, 6.07) is 0.300. The number of thioether (sulfide) groups is 1. The Bertz CT molecular complexity index is 434. The summed E-state index contributed by atoms with van der Waals surface area (Å²) in [5.41, 5.74) is 0. The topological polar surface area (TPSA) is 60.2 Å². The molecule has 118 valence electrons. The second-order valence-electron chi connectivity index (χ2n) is 5.93. The number of ether oxygens (including phenoxy) is 1. The summed E-state index contributed by atoms with van der Waals surface area (Å²) >= 11 is 1.99.